The number of anilines is 1. The third-order valence-corrected chi connectivity index (χ3v) is 2.72. The summed E-state index contributed by atoms with van der Waals surface area (Å²) in [7, 11) is 0. The highest BCUT2D eigenvalue weighted by Gasteiger charge is 2.10. The van der Waals surface area contributed by atoms with Gasteiger partial charge in [0, 0.05) is 11.3 Å². The van der Waals surface area contributed by atoms with E-state index in [9.17, 15) is 4.79 Å². The summed E-state index contributed by atoms with van der Waals surface area (Å²) < 4.78 is 5.54. The Bertz CT molecular complexity index is 560. The molecule has 0 radical (unpaired) electrons. The van der Waals surface area contributed by atoms with Crippen LogP contribution < -0.4 is 11.1 Å². The summed E-state index contributed by atoms with van der Waals surface area (Å²) in [5.41, 5.74) is 6.57. The number of aryl methyl sites for hydroxylation is 1. The summed E-state index contributed by atoms with van der Waals surface area (Å²) in [6, 6.07) is 11.0. The van der Waals surface area contributed by atoms with Gasteiger partial charge in [0.05, 0.1) is 6.04 Å². The molecule has 1 amide bonds. The van der Waals surface area contributed by atoms with Crippen LogP contribution in [0.4, 0.5) is 5.69 Å². The number of rotatable bonds is 4. The van der Waals surface area contributed by atoms with E-state index in [0.717, 1.165) is 17.2 Å². The van der Waals surface area contributed by atoms with Crippen molar-refractivity contribution in [2.75, 3.05) is 5.32 Å². The Morgan fingerprint density at radius 3 is 2.72 bits per heavy atom. The van der Waals surface area contributed by atoms with Crippen molar-refractivity contribution in [3.8, 4) is 0 Å². The number of nitrogens with one attached hydrogen (secondary N) is 1. The van der Waals surface area contributed by atoms with Gasteiger partial charge in [-0.05, 0) is 44.2 Å². The molecule has 0 aliphatic carbocycles. The van der Waals surface area contributed by atoms with Gasteiger partial charge >= 0.3 is 0 Å². The molecule has 94 valence electrons. The first-order valence-electron chi connectivity index (χ1n) is 5.79. The first-order valence-corrected chi connectivity index (χ1v) is 5.79. The van der Waals surface area contributed by atoms with Crippen LogP contribution in [0.3, 0.4) is 0 Å². The van der Waals surface area contributed by atoms with Gasteiger partial charge < -0.3 is 15.5 Å². The minimum absolute atomic E-state index is 0.0295. The fourth-order valence-corrected chi connectivity index (χ4v) is 1.77. The molecule has 1 unspecified atom stereocenters. The number of carbonyl (C=O) groups is 1. The van der Waals surface area contributed by atoms with Gasteiger partial charge in [0.15, 0.2) is 0 Å². The summed E-state index contributed by atoms with van der Waals surface area (Å²) in [4.78, 5) is 11.1. The quantitative estimate of drug-likeness (QED) is 0.868. The Kier molecular flexibility index (Phi) is 3.37. The highest BCUT2D eigenvalue weighted by Crippen LogP contribution is 2.21. The van der Waals surface area contributed by atoms with Gasteiger partial charge in [-0.2, -0.15) is 0 Å². The zero-order valence-electron chi connectivity index (χ0n) is 10.4. The van der Waals surface area contributed by atoms with Crippen LogP contribution in [0.1, 0.15) is 34.8 Å². The topological polar surface area (TPSA) is 68.3 Å². The fourth-order valence-electron chi connectivity index (χ4n) is 1.77. The van der Waals surface area contributed by atoms with E-state index < -0.39 is 5.91 Å². The number of hydrogen-bond donors (Lipinski definition) is 2. The molecule has 0 bridgehead atoms. The molecule has 1 atom stereocenters. The molecule has 3 N–H and O–H groups in total. The zero-order chi connectivity index (χ0) is 13.1. The first kappa shape index (κ1) is 12.2. The average Bonchev–Trinajstić information content (AvgIpc) is 2.76. The lowest BCUT2D eigenvalue weighted by atomic mass is 10.1. The smallest absolute Gasteiger partial charge is 0.248 e. The van der Waals surface area contributed by atoms with Gasteiger partial charge in [0.1, 0.15) is 11.5 Å². The van der Waals surface area contributed by atoms with E-state index in [1.807, 2.05) is 32.0 Å². The Balaban J connectivity index is 2.14. The van der Waals surface area contributed by atoms with Crippen molar-refractivity contribution < 1.29 is 9.21 Å². The van der Waals surface area contributed by atoms with Gasteiger partial charge in [0.2, 0.25) is 5.91 Å². The molecule has 0 spiro atoms. The summed E-state index contributed by atoms with van der Waals surface area (Å²) in [5.74, 6) is 1.31. The van der Waals surface area contributed by atoms with Crippen molar-refractivity contribution in [3.63, 3.8) is 0 Å². The standard InChI is InChI=1S/C14H16N2O2/c1-9-6-7-13(18-9)10(2)16-12-5-3-4-11(8-12)14(15)17/h3-8,10,16H,1-2H3,(H2,15,17). The van der Waals surface area contributed by atoms with Crippen LogP contribution in [-0.2, 0) is 0 Å². The van der Waals surface area contributed by atoms with E-state index in [0.29, 0.717) is 5.56 Å². The molecular weight excluding hydrogens is 228 g/mol. The maximum absolute atomic E-state index is 11.1. The number of benzene rings is 1. The fraction of sp³-hybridized carbons (Fsp3) is 0.214. The minimum Gasteiger partial charge on any atom is -0.464 e. The molecule has 4 nitrogen and oxygen atoms in total. The first-order chi connectivity index (χ1) is 8.56. The Hall–Kier alpha value is -2.23. The molecule has 4 heteroatoms. The Morgan fingerprint density at radius 2 is 2.11 bits per heavy atom. The van der Waals surface area contributed by atoms with Crippen LogP contribution in [0, 0.1) is 6.92 Å². The molecule has 2 aromatic rings. The number of primary amides is 1. The van der Waals surface area contributed by atoms with Crippen LogP contribution in [0.15, 0.2) is 40.8 Å². The van der Waals surface area contributed by atoms with Crippen LogP contribution in [-0.4, -0.2) is 5.91 Å². The average molecular weight is 244 g/mol. The van der Waals surface area contributed by atoms with Crippen LogP contribution in [0.2, 0.25) is 0 Å². The zero-order valence-corrected chi connectivity index (χ0v) is 10.4. The third kappa shape index (κ3) is 2.71. The van der Waals surface area contributed by atoms with E-state index >= 15 is 0 Å². The molecule has 0 aliphatic heterocycles. The van der Waals surface area contributed by atoms with Crippen molar-refractivity contribution in [2.24, 2.45) is 5.73 Å². The highest BCUT2D eigenvalue weighted by atomic mass is 16.3. The normalized spacial score (nSPS) is 12.1. The molecule has 0 aliphatic rings. The monoisotopic (exact) mass is 244 g/mol. The van der Waals surface area contributed by atoms with Gasteiger partial charge in [-0.3, -0.25) is 4.79 Å². The maximum atomic E-state index is 11.1. The van der Waals surface area contributed by atoms with Crippen LogP contribution in [0.5, 0.6) is 0 Å². The summed E-state index contributed by atoms with van der Waals surface area (Å²) >= 11 is 0. The van der Waals surface area contributed by atoms with E-state index in [2.05, 4.69) is 5.32 Å². The van der Waals surface area contributed by atoms with E-state index in [4.69, 9.17) is 10.2 Å². The largest absolute Gasteiger partial charge is 0.464 e. The van der Waals surface area contributed by atoms with Crippen molar-refractivity contribution in [1.82, 2.24) is 0 Å². The Labute approximate surface area is 106 Å². The number of hydrogen-bond acceptors (Lipinski definition) is 3. The molecule has 0 saturated carbocycles. The third-order valence-electron chi connectivity index (χ3n) is 2.72. The predicted molar refractivity (Wildman–Crippen MR) is 70.4 cm³/mol. The second-order valence-corrected chi connectivity index (χ2v) is 4.26. The highest BCUT2D eigenvalue weighted by molar-refractivity contribution is 5.93. The number of amides is 1. The van der Waals surface area contributed by atoms with E-state index in [1.165, 1.54) is 0 Å². The van der Waals surface area contributed by atoms with E-state index in [-0.39, 0.29) is 6.04 Å². The summed E-state index contributed by atoms with van der Waals surface area (Å²) in [6.07, 6.45) is 0. The lowest BCUT2D eigenvalue weighted by Crippen LogP contribution is -2.12. The molecule has 1 aromatic heterocycles. The van der Waals surface area contributed by atoms with Crippen molar-refractivity contribution in [3.05, 3.63) is 53.5 Å². The van der Waals surface area contributed by atoms with Gasteiger partial charge in [0.25, 0.3) is 0 Å². The second-order valence-electron chi connectivity index (χ2n) is 4.26. The molecular formula is C14H16N2O2. The number of furan rings is 1. The summed E-state index contributed by atoms with van der Waals surface area (Å²) in [5, 5.41) is 3.27. The van der Waals surface area contributed by atoms with Crippen molar-refractivity contribution in [2.45, 2.75) is 19.9 Å². The number of nitrogens with two attached hydrogens (primary N) is 1. The molecule has 0 saturated heterocycles. The van der Waals surface area contributed by atoms with Gasteiger partial charge in [-0.25, -0.2) is 0 Å². The SMILES string of the molecule is Cc1ccc(C(C)Nc2cccc(C(N)=O)c2)o1. The van der Waals surface area contributed by atoms with Crippen LogP contribution >= 0.6 is 0 Å². The predicted octanol–water partition coefficient (Wildman–Crippen LogP) is 2.86. The molecule has 2 rings (SSSR count). The lowest BCUT2D eigenvalue weighted by molar-refractivity contribution is 0.100. The molecule has 1 aromatic carbocycles. The molecule has 1 heterocycles. The van der Waals surface area contributed by atoms with Crippen LogP contribution in [0.25, 0.3) is 0 Å². The number of carbonyl (C=O) groups excluding carboxylic acids is 1. The molecule has 18 heavy (non-hydrogen) atoms. The van der Waals surface area contributed by atoms with Crippen molar-refractivity contribution >= 4 is 11.6 Å². The minimum atomic E-state index is -0.430. The lowest BCUT2D eigenvalue weighted by Gasteiger charge is -2.13. The van der Waals surface area contributed by atoms with E-state index in [1.54, 1.807) is 18.2 Å². The van der Waals surface area contributed by atoms with Gasteiger partial charge in [-0.15, -0.1) is 0 Å². The Morgan fingerprint density at radius 1 is 1.33 bits per heavy atom. The van der Waals surface area contributed by atoms with Gasteiger partial charge in [-0.1, -0.05) is 6.07 Å². The van der Waals surface area contributed by atoms with Crippen molar-refractivity contribution in [1.29, 1.82) is 0 Å². The molecule has 0 fully saturated rings. The maximum Gasteiger partial charge on any atom is 0.248 e. The second kappa shape index (κ2) is 4.96. The summed E-state index contributed by atoms with van der Waals surface area (Å²) in [6.45, 7) is 3.90.